The quantitative estimate of drug-likeness (QED) is 0.581. The Morgan fingerprint density at radius 1 is 0.833 bits per heavy atom. The lowest BCUT2D eigenvalue weighted by Gasteiger charge is -2.17. The highest BCUT2D eigenvalue weighted by atomic mass is 32.2. The monoisotopic (exact) mass is 420 g/mol. The Bertz CT molecular complexity index is 1110. The number of hydrogen-bond donors (Lipinski definition) is 2. The molecule has 5 nitrogen and oxygen atoms in total. The molecule has 2 N–H and O–H groups in total. The average Bonchev–Trinajstić information content (AvgIpc) is 3.57. The van der Waals surface area contributed by atoms with Crippen molar-refractivity contribution in [2.45, 2.75) is 29.6 Å². The van der Waals surface area contributed by atoms with E-state index in [4.69, 9.17) is 0 Å². The van der Waals surface area contributed by atoms with Gasteiger partial charge in [-0.05, 0) is 54.7 Å². The molecule has 1 amide bonds. The summed E-state index contributed by atoms with van der Waals surface area (Å²) >= 11 is 0. The van der Waals surface area contributed by atoms with Crippen molar-refractivity contribution in [1.82, 2.24) is 5.32 Å². The third-order valence-electron chi connectivity index (χ3n) is 5.47. The summed E-state index contributed by atoms with van der Waals surface area (Å²) in [4.78, 5) is 13.0. The third kappa shape index (κ3) is 4.39. The zero-order chi connectivity index (χ0) is 21.0. The van der Waals surface area contributed by atoms with Crippen LogP contribution in [0.3, 0.4) is 0 Å². The minimum atomic E-state index is -3.63. The van der Waals surface area contributed by atoms with Crippen molar-refractivity contribution in [2.75, 3.05) is 11.3 Å². The summed E-state index contributed by atoms with van der Waals surface area (Å²) in [5, 5.41) is 3.06. The molecular formula is C24H24N2O3S. The van der Waals surface area contributed by atoms with E-state index >= 15 is 0 Å². The number of amides is 1. The number of carbonyl (C=O) groups excluding carboxylic acids is 1. The van der Waals surface area contributed by atoms with Crippen LogP contribution in [0.4, 0.5) is 5.69 Å². The molecule has 0 saturated heterocycles. The minimum absolute atomic E-state index is 0.0380. The molecule has 0 aliphatic heterocycles. The maximum Gasteiger partial charge on any atom is 0.261 e. The van der Waals surface area contributed by atoms with E-state index in [9.17, 15) is 13.2 Å². The lowest BCUT2D eigenvalue weighted by molar-refractivity contribution is -0.123. The van der Waals surface area contributed by atoms with Crippen LogP contribution >= 0.6 is 0 Å². The molecule has 154 valence electrons. The van der Waals surface area contributed by atoms with Gasteiger partial charge in [0.2, 0.25) is 5.91 Å². The molecule has 0 atom stereocenters. The zero-order valence-electron chi connectivity index (χ0n) is 16.5. The first kappa shape index (κ1) is 20.2. The fourth-order valence-corrected chi connectivity index (χ4v) is 4.66. The van der Waals surface area contributed by atoms with Crippen molar-refractivity contribution in [2.24, 2.45) is 0 Å². The topological polar surface area (TPSA) is 75.3 Å². The number of nitrogens with one attached hydrogen (secondary N) is 2. The SMILES string of the molecule is O=C(NCCc1ccccc1)C1(c2ccc(NS(=O)(=O)c3ccccc3)cc2)CC1. The summed E-state index contributed by atoms with van der Waals surface area (Å²) in [6.45, 7) is 0.597. The van der Waals surface area contributed by atoms with Gasteiger partial charge in [0.15, 0.2) is 0 Å². The Balaban J connectivity index is 1.39. The number of sulfonamides is 1. The third-order valence-corrected chi connectivity index (χ3v) is 6.87. The van der Waals surface area contributed by atoms with Crippen molar-refractivity contribution in [3.63, 3.8) is 0 Å². The van der Waals surface area contributed by atoms with Gasteiger partial charge in [-0.15, -0.1) is 0 Å². The second kappa shape index (κ2) is 8.32. The van der Waals surface area contributed by atoms with Gasteiger partial charge in [0.25, 0.3) is 10.0 Å². The van der Waals surface area contributed by atoms with Crippen LogP contribution in [0.5, 0.6) is 0 Å². The lowest BCUT2D eigenvalue weighted by Crippen LogP contribution is -2.35. The number of rotatable bonds is 8. The molecule has 0 aromatic heterocycles. The highest BCUT2D eigenvalue weighted by Gasteiger charge is 2.51. The van der Waals surface area contributed by atoms with Gasteiger partial charge in [-0.2, -0.15) is 0 Å². The molecule has 1 fully saturated rings. The van der Waals surface area contributed by atoms with Crippen molar-refractivity contribution < 1.29 is 13.2 Å². The van der Waals surface area contributed by atoms with E-state index < -0.39 is 15.4 Å². The molecule has 0 bridgehead atoms. The lowest BCUT2D eigenvalue weighted by atomic mass is 9.94. The summed E-state index contributed by atoms with van der Waals surface area (Å²) in [5.41, 5.74) is 2.09. The summed E-state index contributed by atoms with van der Waals surface area (Å²) in [6.07, 6.45) is 2.40. The van der Waals surface area contributed by atoms with Gasteiger partial charge in [0, 0.05) is 12.2 Å². The van der Waals surface area contributed by atoms with E-state index in [1.54, 1.807) is 42.5 Å². The Morgan fingerprint density at radius 2 is 1.43 bits per heavy atom. The summed E-state index contributed by atoms with van der Waals surface area (Å²) in [5.74, 6) is 0.0380. The number of hydrogen-bond acceptors (Lipinski definition) is 3. The van der Waals surface area contributed by atoms with Crippen molar-refractivity contribution in [3.05, 3.63) is 96.1 Å². The first-order valence-corrected chi connectivity index (χ1v) is 11.5. The van der Waals surface area contributed by atoms with E-state index in [1.165, 1.54) is 5.56 Å². The molecular weight excluding hydrogens is 396 g/mol. The largest absolute Gasteiger partial charge is 0.355 e. The van der Waals surface area contributed by atoms with Gasteiger partial charge >= 0.3 is 0 Å². The van der Waals surface area contributed by atoms with Crippen LogP contribution in [-0.2, 0) is 26.7 Å². The number of benzene rings is 3. The molecule has 1 aliphatic carbocycles. The smallest absolute Gasteiger partial charge is 0.261 e. The Kier molecular flexibility index (Phi) is 5.59. The molecule has 30 heavy (non-hydrogen) atoms. The van der Waals surface area contributed by atoms with Crippen molar-refractivity contribution in [1.29, 1.82) is 0 Å². The highest BCUT2D eigenvalue weighted by Crippen LogP contribution is 2.48. The van der Waals surface area contributed by atoms with Gasteiger partial charge in [0.05, 0.1) is 10.3 Å². The van der Waals surface area contributed by atoms with Crippen LogP contribution in [0.1, 0.15) is 24.0 Å². The van der Waals surface area contributed by atoms with Gasteiger partial charge in [-0.1, -0.05) is 60.7 Å². The Morgan fingerprint density at radius 3 is 2.03 bits per heavy atom. The summed E-state index contributed by atoms with van der Waals surface area (Å²) in [6, 6.07) is 25.4. The first-order valence-electron chi connectivity index (χ1n) is 10.0. The predicted octanol–water partition coefficient (Wildman–Crippen LogP) is 3.88. The maximum absolute atomic E-state index is 12.8. The first-order chi connectivity index (χ1) is 14.5. The zero-order valence-corrected chi connectivity index (χ0v) is 17.4. The van der Waals surface area contributed by atoms with Crippen LogP contribution in [0.15, 0.2) is 89.8 Å². The van der Waals surface area contributed by atoms with E-state index in [0.717, 1.165) is 24.8 Å². The molecule has 0 spiro atoms. The molecule has 0 radical (unpaired) electrons. The Hall–Kier alpha value is -3.12. The molecule has 3 aromatic carbocycles. The van der Waals surface area contributed by atoms with Gasteiger partial charge in [-0.25, -0.2) is 8.42 Å². The molecule has 0 unspecified atom stereocenters. The van der Waals surface area contributed by atoms with Crippen LogP contribution in [-0.4, -0.2) is 20.9 Å². The summed E-state index contributed by atoms with van der Waals surface area (Å²) in [7, 11) is -3.63. The second-order valence-electron chi connectivity index (χ2n) is 7.57. The fraction of sp³-hybridized carbons (Fsp3) is 0.208. The van der Waals surface area contributed by atoms with E-state index in [2.05, 4.69) is 10.0 Å². The molecule has 1 saturated carbocycles. The van der Waals surface area contributed by atoms with Gasteiger partial charge in [-0.3, -0.25) is 9.52 Å². The average molecular weight is 421 g/mol. The van der Waals surface area contributed by atoms with Crippen LogP contribution < -0.4 is 10.0 Å². The maximum atomic E-state index is 12.8. The number of anilines is 1. The van der Waals surface area contributed by atoms with Crippen molar-refractivity contribution >= 4 is 21.6 Å². The van der Waals surface area contributed by atoms with Crippen LogP contribution in [0.25, 0.3) is 0 Å². The molecule has 1 aliphatic rings. The van der Waals surface area contributed by atoms with E-state index in [0.29, 0.717) is 12.2 Å². The highest BCUT2D eigenvalue weighted by molar-refractivity contribution is 7.92. The van der Waals surface area contributed by atoms with Gasteiger partial charge in [0.1, 0.15) is 0 Å². The normalized spacial score (nSPS) is 14.7. The van der Waals surface area contributed by atoms with Gasteiger partial charge < -0.3 is 5.32 Å². The van der Waals surface area contributed by atoms with Crippen LogP contribution in [0.2, 0.25) is 0 Å². The molecule has 0 heterocycles. The number of carbonyl (C=O) groups is 1. The van der Waals surface area contributed by atoms with Crippen LogP contribution in [0, 0.1) is 0 Å². The van der Waals surface area contributed by atoms with E-state index in [1.807, 2.05) is 42.5 Å². The minimum Gasteiger partial charge on any atom is -0.355 e. The molecule has 6 heteroatoms. The molecule has 3 aromatic rings. The fourth-order valence-electron chi connectivity index (χ4n) is 3.58. The van der Waals surface area contributed by atoms with Crippen molar-refractivity contribution in [3.8, 4) is 0 Å². The Labute approximate surface area is 177 Å². The predicted molar refractivity (Wildman–Crippen MR) is 118 cm³/mol. The summed E-state index contributed by atoms with van der Waals surface area (Å²) < 4.78 is 27.5. The standard InChI is InChI=1S/C24H24N2O3S/c27-23(25-18-15-19-7-3-1-4-8-19)24(16-17-24)20-11-13-21(14-12-20)26-30(28,29)22-9-5-2-6-10-22/h1-14,26H,15-18H2,(H,25,27). The molecule has 4 rings (SSSR count). The second-order valence-corrected chi connectivity index (χ2v) is 9.25. The van der Waals surface area contributed by atoms with E-state index in [-0.39, 0.29) is 10.8 Å².